The molecule has 108 valence electrons. The maximum atomic E-state index is 6.24. The summed E-state index contributed by atoms with van der Waals surface area (Å²) in [5.74, 6) is 0. The van der Waals surface area contributed by atoms with Gasteiger partial charge in [0.05, 0.1) is 0 Å². The van der Waals surface area contributed by atoms with Crippen molar-refractivity contribution in [1.29, 1.82) is 0 Å². The fourth-order valence-electron chi connectivity index (χ4n) is 1.44. The zero-order chi connectivity index (χ0) is 15.4. The van der Waals surface area contributed by atoms with Gasteiger partial charge in [0.15, 0.2) is 0 Å². The van der Waals surface area contributed by atoms with Crippen molar-refractivity contribution in [2.75, 3.05) is 0 Å². The van der Waals surface area contributed by atoms with Crippen LogP contribution in [-0.2, 0) is 0 Å². The summed E-state index contributed by atoms with van der Waals surface area (Å²) in [6.07, 6.45) is 3.88. The van der Waals surface area contributed by atoms with Gasteiger partial charge in [-0.15, -0.1) is 0 Å². The molecule has 0 spiro atoms. The van der Waals surface area contributed by atoms with E-state index in [0.717, 1.165) is 11.1 Å². The summed E-state index contributed by atoms with van der Waals surface area (Å²) >= 11 is -0.679. The molecule has 0 aliphatic heterocycles. The average molecular weight is 351 g/mol. The Morgan fingerprint density at radius 3 is 1.60 bits per heavy atom. The van der Waals surface area contributed by atoms with Crippen LogP contribution in [0.25, 0.3) is 0 Å². The Kier molecular flexibility index (Phi) is 6.02. The molecule has 0 aliphatic carbocycles. The first-order chi connectivity index (χ1) is 9.12. The summed E-state index contributed by atoms with van der Waals surface area (Å²) in [7, 11) is 6.24. The molecule has 1 aromatic carbocycles. The third kappa shape index (κ3) is 6.23. The molecule has 1 aromatic rings. The molecule has 0 aromatic heterocycles. The molecular formula is C16H23ClGeN2. The quantitative estimate of drug-likeness (QED) is 0.587. The van der Waals surface area contributed by atoms with E-state index in [1.165, 1.54) is 4.40 Å². The van der Waals surface area contributed by atoms with Gasteiger partial charge >= 0.3 is 133 Å². The normalized spacial score (nSPS) is 13.6. The summed E-state index contributed by atoms with van der Waals surface area (Å²) in [5, 5.41) is 0. The van der Waals surface area contributed by atoms with Crippen molar-refractivity contribution in [3.05, 3.63) is 29.3 Å². The molecule has 0 atom stereocenters. The second-order valence-electron chi connectivity index (χ2n) is 6.76. The van der Waals surface area contributed by atoms with Crippen LogP contribution in [0.2, 0.25) is 0 Å². The molecule has 0 saturated heterocycles. The van der Waals surface area contributed by atoms with Gasteiger partial charge in [0.1, 0.15) is 0 Å². The topological polar surface area (TPSA) is 24.7 Å². The summed E-state index contributed by atoms with van der Waals surface area (Å²) in [4.78, 5) is 9.15. The average Bonchev–Trinajstić information content (AvgIpc) is 2.31. The van der Waals surface area contributed by atoms with Crippen LogP contribution < -0.4 is 4.40 Å². The van der Waals surface area contributed by atoms with E-state index in [0.29, 0.717) is 0 Å². The van der Waals surface area contributed by atoms with Gasteiger partial charge in [-0.3, -0.25) is 0 Å². The summed E-state index contributed by atoms with van der Waals surface area (Å²) in [5.41, 5.74) is 2.10. The Hall–Kier alpha value is -0.607. The molecule has 0 N–H and O–H groups in total. The van der Waals surface area contributed by atoms with Crippen LogP contribution in [-0.4, -0.2) is 38.0 Å². The predicted octanol–water partition coefficient (Wildman–Crippen LogP) is 3.60. The number of aliphatic imine (C=N–C) groups is 2. The van der Waals surface area contributed by atoms with Crippen molar-refractivity contribution < 1.29 is 0 Å². The monoisotopic (exact) mass is 352 g/mol. The van der Waals surface area contributed by atoms with Crippen LogP contribution >= 0.6 is 10.0 Å². The van der Waals surface area contributed by atoms with Crippen molar-refractivity contribution in [3.63, 3.8) is 0 Å². The fraction of sp³-hybridized carbons (Fsp3) is 0.500. The number of hydrogen-bond donors (Lipinski definition) is 0. The van der Waals surface area contributed by atoms with Crippen LogP contribution in [0.1, 0.15) is 52.7 Å². The molecule has 1 rings (SSSR count). The van der Waals surface area contributed by atoms with Crippen molar-refractivity contribution in [2.24, 2.45) is 9.98 Å². The van der Waals surface area contributed by atoms with E-state index in [1.807, 2.05) is 18.5 Å². The van der Waals surface area contributed by atoms with Gasteiger partial charge in [-0.2, -0.15) is 0 Å². The summed E-state index contributed by atoms with van der Waals surface area (Å²) in [6, 6.07) is 6.19. The van der Waals surface area contributed by atoms with E-state index in [1.54, 1.807) is 0 Å². The van der Waals surface area contributed by atoms with Crippen LogP contribution in [0.4, 0.5) is 0 Å². The first-order valence-corrected chi connectivity index (χ1v) is 10.5. The van der Waals surface area contributed by atoms with E-state index < -0.39 is 14.5 Å². The molecule has 0 bridgehead atoms. The van der Waals surface area contributed by atoms with Crippen LogP contribution in [0.5, 0.6) is 0 Å². The molecule has 2 radical (unpaired) electrons. The third-order valence-electron chi connectivity index (χ3n) is 2.41. The number of rotatable bonds is 3. The minimum absolute atomic E-state index is 0.0704. The molecule has 0 fully saturated rings. The van der Waals surface area contributed by atoms with Gasteiger partial charge in [-0.1, -0.05) is 0 Å². The zero-order valence-corrected chi connectivity index (χ0v) is 16.0. The SMILES string of the molecule is CC(C)(C)N=Cc1cccc(C=NC(C)(C)C)[c]1[Ge][Cl]. The first-order valence-electron chi connectivity index (χ1n) is 6.72. The van der Waals surface area contributed by atoms with Crippen molar-refractivity contribution in [3.8, 4) is 0 Å². The van der Waals surface area contributed by atoms with Crippen molar-refractivity contribution >= 4 is 41.3 Å². The number of nitrogens with zero attached hydrogens (tertiary/aromatic N) is 2. The van der Waals surface area contributed by atoms with Crippen LogP contribution in [0, 0.1) is 0 Å². The standard InChI is InChI=1S/C16H23ClGeN2/c1-15(2,3)19-10-12-8-7-9-13(14(12)18-17)11-20-16(4,5)6/h7-11H,1-6H3. The second-order valence-corrected chi connectivity index (χ2v) is 9.19. The van der Waals surface area contributed by atoms with Crippen molar-refractivity contribution in [1.82, 2.24) is 0 Å². The maximum absolute atomic E-state index is 6.24. The van der Waals surface area contributed by atoms with Gasteiger partial charge in [-0.05, 0) is 0 Å². The number of benzene rings is 1. The minimum atomic E-state index is -0.679. The molecular weight excluding hydrogens is 328 g/mol. The summed E-state index contributed by atoms with van der Waals surface area (Å²) < 4.78 is 1.20. The van der Waals surface area contributed by atoms with Gasteiger partial charge in [0, 0.05) is 0 Å². The Labute approximate surface area is 133 Å². The van der Waals surface area contributed by atoms with E-state index in [9.17, 15) is 0 Å². The van der Waals surface area contributed by atoms with E-state index in [2.05, 4.69) is 63.7 Å². The van der Waals surface area contributed by atoms with Gasteiger partial charge in [-0.25, -0.2) is 0 Å². The zero-order valence-electron chi connectivity index (χ0n) is 13.2. The van der Waals surface area contributed by atoms with Crippen molar-refractivity contribution in [2.45, 2.75) is 52.6 Å². The Morgan fingerprint density at radius 1 is 0.900 bits per heavy atom. The van der Waals surface area contributed by atoms with E-state index in [-0.39, 0.29) is 11.1 Å². The molecule has 2 nitrogen and oxygen atoms in total. The molecule has 0 saturated carbocycles. The Morgan fingerprint density at radius 2 is 1.30 bits per heavy atom. The van der Waals surface area contributed by atoms with E-state index >= 15 is 0 Å². The fourth-order valence-corrected chi connectivity index (χ4v) is 3.65. The molecule has 0 unspecified atom stereocenters. The first kappa shape index (κ1) is 17.4. The number of hydrogen-bond acceptors (Lipinski definition) is 2. The second kappa shape index (κ2) is 6.90. The van der Waals surface area contributed by atoms with Crippen LogP contribution in [0.15, 0.2) is 28.2 Å². The van der Waals surface area contributed by atoms with Gasteiger partial charge < -0.3 is 0 Å². The summed E-state index contributed by atoms with van der Waals surface area (Å²) in [6.45, 7) is 12.5. The Balaban J connectivity index is 3.17. The van der Waals surface area contributed by atoms with E-state index in [4.69, 9.17) is 10.0 Å². The van der Waals surface area contributed by atoms with Gasteiger partial charge in [0.25, 0.3) is 0 Å². The molecule has 0 aliphatic rings. The molecule has 0 amide bonds. The Bertz CT molecular complexity index is 466. The van der Waals surface area contributed by atoms with Gasteiger partial charge in [0.2, 0.25) is 0 Å². The predicted molar refractivity (Wildman–Crippen MR) is 92.4 cm³/mol. The molecule has 20 heavy (non-hydrogen) atoms. The number of halogens is 1. The van der Waals surface area contributed by atoms with Crippen LogP contribution in [0.3, 0.4) is 0 Å². The third-order valence-corrected chi connectivity index (χ3v) is 5.00. The molecule has 0 heterocycles. The molecule has 4 heteroatoms.